The van der Waals surface area contributed by atoms with Crippen LogP contribution >= 0.6 is 0 Å². The molecule has 0 saturated heterocycles. The number of aromatic nitrogens is 2. The predicted molar refractivity (Wildman–Crippen MR) is 69.9 cm³/mol. The maximum atomic E-state index is 12.2. The number of benzene rings is 1. The molecular weight excluding hydrogens is 226 g/mol. The topological polar surface area (TPSA) is 46.9 Å². The summed E-state index contributed by atoms with van der Waals surface area (Å²) < 4.78 is 1.88. The van der Waals surface area contributed by atoms with E-state index in [4.69, 9.17) is 0 Å². The summed E-state index contributed by atoms with van der Waals surface area (Å²) in [6.45, 7) is 0.965. The number of nitrogens with one attached hydrogen (secondary N) is 1. The molecule has 4 nitrogen and oxygen atoms in total. The third-order valence-corrected chi connectivity index (χ3v) is 3.38. The van der Waals surface area contributed by atoms with Gasteiger partial charge in [-0.15, -0.1) is 0 Å². The number of anilines is 1. The zero-order chi connectivity index (χ0) is 12.5. The Bertz CT molecular complexity index is 601. The summed E-state index contributed by atoms with van der Waals surface area (Å²) in [6.07, 6.45) is 4.93. The van der Waals surface area contributed by atoms with Gasteiger partial charge < -0.3 is 9.88 Å². The second-order valence-electron chi connectivity index (χ2n) is 4.60. The number of imidazole rings is 1. The molecule has 18 heavy (non-hydrogen) atoms. The minimum absolute atomic E-state index is 0.124. The molecule has 3 rings (SSSR count). The fourth-order valence-electron chi connectivity index (χ4n) is 2.29. The highest BCUT2D eigenvalue weighted by Gasteiger charge is 2.14. The van der Waals surface area contributed by atoms with Crippen LogP contribution in [0.1, 0.15) is 21.7 Å². The lowest BCUT2D eigenvalue weighted by Gasteiger charge is -2.04. The maximum absolute atomic E-state index is 12.2. The van der Waals surface area contributed by atoms with E-state index in [1.807, 2.05) is 36.0 Å². The van der Waals surface area contributed by atoms with Crippen molar-refractivity contribution in [3.8, 4) is 0 Å². The molecule has 0 fully saturated rings. The summed E-state index contributed by atoms with van der Waals surface area (Å²) in [5.41, 5.74) is 3.17. The summed E-state index contributed by atoms with van der Waals surface area (Å²) in [4.78, 5) is 16.4. The Hall–Kier alpha value is -2.10. The number of hydrogen-bond donors (Lipinski definition) is 1. The summed E-state index contributed by atoms with van der Waals surface area (Å²) in [6, 6.07) is 5.89. The number of nitrogens with zero attached hydrogens (tertiary/aromatic N) is 2. The van der Waals surface area contributed by atoms with Gasteiger partial charge in [-0.05, 0) is 30.2 Å². The minimum Gasteiger partial charge on any atom is -0.384 e. The Morgan fingerprint density at radius 1 is 1.50 bits per heavy atom. The van der Waals surface area contributed by atoms with Gasteiger partial charge >= 0.3 is 0 Å². The Balaban J connectivity index is 1.83. The van der Waals surface area contributed by atoms with Crippen LogP contribution in [0.4, 0.5) is 5.69 Å². The number of Topliss-reactive ketones (excluding diaryl/α,β-unsaturated/α-hetero) is 1. The van der Waals surface area contributed by atoms with Crippen LogP contribution < -0.4 is 5.32 Å². The van der Waals surface area contributed by atoms with E-state index < -0.39 is 0 Å². The smallest absolute Gasteiger partial charge is 0.170 e. The van der Waals surface area contributed by atoms with Crippen LogP contribution in [0.15, 0.2) is 30.6 Å². The van der Waals surface area contributed by atoms with Crippen LogP contribution in [0.2, 0.25) is 0 Å². The van der Waals surface area contributed by atoms with Crippen molar-refractivity contribution in [2.75, 3.05) is 11.9 Å². The highest BCUT2D eigenvalue weighted by molar-refractivity contribution is 5.97. The van der Waals surface area contributed by atoms with Crippen molar-refractivity contribution in [3.63, 3.8) is 0 Å². The quantitative estimate of drug-likeness (QED) is 0.834. The molecule has 1 aliphatic heterocycles. The lowest BCUT2D eigenvalue weighted by molar-refractivity contribution is 0.0990. The van der Waals surface area contributed by atoms with Crippen molar-refractivity contribution in [2.24, 2.45) is 7.05 Å². The Kier molecular flexibility index (Phi) is 2.63. The molecule has 0 bridgehead atoms. The second-order valence-corrected chi connectivity index (χ2v) is 4.60. The first-order valence-corrected chi connectivity index (χ1v) is 6.10. The zero-order valence-electron chi connectivity index (χ0n) is 10.3. The lowest BCUT2D eigenvalue weighted by atomic mass is 10.0. The first-order chi connectivity index (χ1) is 8.74. The highest BCUT2D eigenvalue weighted by Crippen LogP contribution is 2.23. The second kappa shape index (κ2) is 4.29. The van der Waals surface area contributed by atoms with Crippen LogP contribution in [-0.4, -0.2) is 21.9 Å². The molecular formula is C14H15N3O. The summed E-state index contributed by atoms with van der Waals surface area (Å²) in [5, 5.41) is 3.29. The lowest BCUT2D eigenvalue weighted by Crippen LogP contribution is -2.08. The molecule has 1 N–H and O–H groups in total. The van der Waals surface area contributed by atoms with Gasteiger partial charge in [-0.2, -0.15) is 0 Å². The molecule has 0 aliphatic carbocycles. The number of carbonyl (C=O) groups excluding carboxylic acids is 1. The molecule has 1 aromatic carbocycles. The number of hydrogen-bond acceptors (Lipinski definition) is 3. The van der Waals surface area contributed by atoms with Crippen molar-refractivity contribution < 1.29 is 4.79 Å². The molecule has 0 spiro atoms. The third kappa shape index (κ3) is 1.90. The standard InChI is InChI=1S/C14H15N3O/c1-17-7-6-16-14(17)9-13(18)11-2-3-12-10(8-11)4-5-15-12/h2-3,6-8,15H,4-5,9H2,1H3. The molecule has 1 aromatic heterocycles. The van der Waals surface area contributed by atoms with Gasteiger partial charge in [-0.1, -0.05) is 0 Å². The number of fused-ring (bicyclic) bond motifs is 1. The van der Waals surface area contributed by atoms with Crippen LogP contribution in [0.3, 0.4) is 0 Å². The van der Waals surface area contributed by atoms with Gasteiger partial charge in [0.1, 0.15) is 5.82 Å². The van der Waals surface area contributed by atoms with Gasteiger partial charge in [0, 0.05) is 37.2 Å². The van der Waals surface area contributed by atoms with Gasteiger partial charge in [0.2, 0.25) is 0 Å². The average molecular weight is 241 g/mol. The van der Waals surface area contributed by atoms with Gasteiger partial charge in [0.25, 0.3) is 0 Å². The molecule has 1 aliphatic rings. The Labute approximate surface area is 106 Å². The van der Waals surface area contributed by atoms with Crippen LogP contribution in [-0.2, 0) is 19.9 Å². The largest absolute Gasteiger partial charge is 0.384 e. The van der Waals surface area contributed by atoms with E-state index in [0.717, 1.165) is 30.0 Å². The highest BCUT2D eigenvalue weighted by atomic mass is 16.1. The fourth-order valence-corrected chi connectivity index (χ4v) is 2.29. The molecule has 0 radical (unpaired) electrons. The van der Waals surface area contributed by atoms with Gasteiger partial charge in [-0.3, -0.25) is 4.79 Å². The summed E-state index contributed by atoms with van der Waals surface area (Å²) >= 11 is 0. The number of rotatable bonds is 3. The van der Waals surface area contributed by atoms with Crippen molar-refractivity contribution in [1.82, 2.24) is 9.55 Å². The third-order valence-electron chi connectivity index (χ3n) is 3.38. The van der Waals surface area contributed by atoms with Crippen molar-refractivity contribution in [2.45, 2.75) is 12.8 Å². The van der Waals surface area contributed by atoms with Crippen LogP contribution in [0.5, 0.6) is 0 Å². The van der Waals surface area contributed by atoms with E-state index in [0.29, 0.717) is 6.42 Å². The Morgan fingerprint density at radius 2 is 2.39 bits per heavy atom. The molecule has 0 amide bonds. The molecule has 2 heterocycles. The monoisotopic (exact) mass is 241 g/mol. The number of aryl methyl sites for hydroxylation is 1. The van der Waals surface area contributed by atoms with Crippen LogP contribution in [0.25, 0.3) is 0 Å². The molecule has 0 saturated carbocycles. The first-order valence-electron chi connectivity index (χ1n) is 6.10. The zero-order valence-corrected chi connectivity index (χ0v) is 10.3. The number of ketones is 1. The van der Waals surface area contributed by atoms with Gasteiger partial charge in [-0.25, -0.2) is 4.98 Å². The normalized spacial score (nSPS) is 13.2. The van der Waals surface area contributed by atoms with E-state index >= 15 is 0 Å². The van der Waals surface area contributed by atoms with Crippen molar-refractivity contribution >= 4 is 11.5 Å². The maximum Gasteiger partial charge on any atom is 0.170 e. The van der Waals surface area contributed by atoms with E-state index in [2.05, 4.69) is 10.3 Å². The SMILES string of the molecule is Cn1ccnc1CC(=O)c1ccc2c(c1)CCN2. The summed E-state index contributed by atoms with van der Waals surface area (Å²) in [7, 11) is 1.90. The number of carbonyl (C=O) groups is 1. The first kappa shape index (κ1) is 11.0. The molecule has 2 aromatic rings. The molecule has 0 atom stereocenters. The van der Waals surface area contributed by atoms with Gasteiger partial charge in [0.15, 0.2) is 5.78 Å². The fraction of sp³-hybridized carbons (Fsp3) is 0.286. The minimum atomic E-state index is 0.124. The van der Waals surface area contributed by atoms with Gasteiger partial charge in [0.05, 0.1) is 6.42 Å². The van der Waals surface area contributed by atoms with Crippen molar-refractivity contribution in [1.29, 1.82) is 0 Å². The predicted octanol–water partition coefficient (Wildman–Crippen LogP) is 1.81. The van der Waals surface area contributed by atoms with Crippen molar-refractivity contribution in [3.05, 3.63) is 47.5 Å². The van der Waals surface area contributed by atoms with E-state index in [9.17, 15) is 4.79 Å². The van der Waals surface area contributed by atoms with Crippen LogP contribution in [0, 0.1) is 0 Å². The summed E-state index contributed by atoms with van der Waals surface area (Å²) in [5.74, 6) is 0.928. The van der Waals surface area contributed by atoms with E-state index in [-0.39, 0.29) is 5.78 Å². The Morgan fingerprint density at radius 3 is 3.17 bits per heavy atom. The molecule has 4 heteroatoms. The molecule has 0 unspecified atom stereocenters. The molecule has 92 valence electrons. The average Bonchev–Trinajstić information content (AvgIpc) is 2.98. The van der Waals surface area contributed by atoms with E-state index in [1.165, 1.54) is 5.56 Å². The van der Waals surface area contributed by atoms with E-state index in [1.54, 1.807) is 6.20 Å².